The van der Waals surface area contributed by atoms with Gasteiger partial charge in [-0.2, -0.15) is 4.98 Å². The Bertz CT molecular complexity index is 785. The summed E-state index contributed by atoms with van der Waals surface area (Å²) in [6, 6.07) is 7.97. The van der Waals surface area contributed by atoms with Gasteiger partial charge < -0.3 is 14.4 Å². The highest BCUT2D eigenvalue weighted by Gasteiger charge is 2.25. The number of benzene rings is 1. The van der Waals surface area contributed by atoms with E-state index in [-0.39, 0.29) is 12.0 Å². The lowest BCUT2D eigenvalue weighted by Gasteiger charge is -2.32. The van der Waals surface area contributed by atoms with E-state index in [1.54, 1.807) is 6.20 Å². The molecule has 1 unspecified atom stereocenters. The van der Waals surface area contributed by atoms with Crippen LogP contribution in [0.1, 0.15) is 41.1 Å². The quantitative estimate of drug-likeness (QED) is 0.805. The van der Waals surface area contributed by atoms with Gasteiger partial charge in [-0.1, -0.05) is 23.7 Å². The third kappa shape index (κ3) is 4.39. The lowest BCUT2D eigenvalue weighted by Crippen LogP contribution is -2.41. The van der Waals surface area contributed by atoms with Gasteiger partial charge in [0.2, 0.25) is 5.88 Å². The van der Waals surface area contributed by atoms with E-state index in [1.807, 2.05) is 17.0 Å². The Morgan fingerprint density at radius 2 is 1.93 bits per heavy atom. The van der Waals surface area contributed by atoms with E-state index in [4.69, 9.17) is 21.1 Å². The van der Waals surface area contributed by atoms with Crippen molar-refractivity contribution < 1.29 is 14.3 Å². The predicted octanol–water partition coefficient (Wildman–Crippen LogP) is 3.32. The molecule has 0 N–H and O–H groups in total. The van der Waals surface area contributed by atoms with Gasteiger partial charge >= 0.3 is 0 Å². The monoisotopic (exact) mass is 387 g/mol. The lowest BCUT2D eigenvalue weighted by molar-refractivity contribution is 0.0587. The molecule has 1 aromatic heterocycles. The van der Waals surface area contributed by atoms with Crippen LogP contribution < -0.4 is 4.74 Å². The molecule has 2 aromatic rings. The fourth-order valence-corrected chi connectivity index (χ4v) is 3.75. The van der Waals surface area contributed by atoms with Crippen molar-refractivity contribution in [3.05, 3.63) is 52.9 Å². The Morgan fingerprint density at radius 1 is 1.15 bits per heavy atom. The Hall–Kier alpha value is -2.18. The molecule has 27 heavy (non-hydrogen) atoms. The summed E-state index contributed by atoms with van der Waals surface area (Å²) in [4.78, 5) is 22.7. The van der Waals surface area contributed by atoms with Crippen molar-refractivity contribution in [1.82, 2.24) is 14.9 Å². The van der Waals surface area contributed by atoms with Crippen LogP contribution in [0.5, 0.6) is 5.88 Å². The average molecular weight is 388 g/mol. The summed E-state index contributed by atoms with van der Waals surface area (Å²) in [5.41, 5.74) is 1.98. The van der Waals surface area contributed by atoms with Crippen molar-refractivity contribution in [3.63, 3.8) is 0 Å². The zero-order valence-electron chi connectivity index (χ0n) is 15.0. The summed E-state index contributed by atoms with van der Waals surface area (Å²) in [5, 5.41) is 0.313. The van der Waals surface area contributed by atoms with Gasteiger partial charge in [-0.15, -0.1) is 0 Å². The molecule has 2 aliphatic heterocycles. The Labute approximate surface area is 163 Å². The van der Waals surface area contributed by atoms with Crippen LogP contribution in [-0.4, -0.2) is 53.2 Å². The Balaban J connectivity index is 1.31. The maximum atomic E-state index is 12.8. The summed E-state index contributed by atoms with van der Waals surface area (Å²) in [6.45, 7) is 2.92. The molecule has 142 valence electrons. The molecule has 1 aromatic carbocycles. The van der Waals surface area contributed by atoms with Gasteiger partial charge in [-0.3, -0.25) is 9.78 Å². The first kappa shape index (κ1) is 18.2. The lowest BCUT2D eigenvalue weighted by atomic mass is 9.97. The normalized spacial score (nSPS) is 20.6. The van der Waals surface area contributed by atoms with Gasteiger partial charge in [0, 0.05) is 44.0 Å². The first-order valence-corrected chi connectivity index (χ1v) is 9.68. The van der Waals surface area contributed by atoms with E-state index in [2.05, 4.69) is 22.1 Å². The summed E-state index contributed by atoms with van der Waals surface area (Å²) in [5.74, 6) is 0.959. The highest BCUT2D eigenvalue weighted by atomic mass is 35.5. The van der Waals surface area contributed by atoms with Gasteiger partial charge in [-0.25, -0.2) is 0 Å². The maximum absolute atomic E-state index is 12.8. The Kier molecular flexibility index (Phi) is 5.55. The summed E-state index contributed by atoms with van der Waals surface area (Å²) in [7, 11) is 0. The van der Waals surface area contributed by atoms with Gasteiger partial charge in [0.25, 0.3) is 5.91 Å². The van der Waals surface area contributed by atoms with E-state index >= 15 is 0 Å². The standard InChI is InChI=1S/C20H22ClN3O3/c21-18-11-22-12-19(23-18)27-17-5-8-24(9-6-17)20(25)15-3-1-14(2-4-15)16-7-10-26-13-16/h1-4,11-12,16-17H,5-10,13H2. The summed E-state index contributed by atoms with van der Waals surface area (Å²) >= 11 is 5.83. The van der Waals surface area contributed by atoms with Crippen molar-refractivity contribution in [1.29, 1.82) is 0 Å². The molecule has 0 aliphatic carbocycles. The number of aromatic nitrogens is 2. The van der Waals surface area contributed by atoms with E-state index in [0.717, 1.165) is 38.0 Å². The zero-order valence-corrected chi connectivity index (χ0v) is 15.8. The van der Waals surface area contributed by atoms with E-state index in [9.17, 15) is 4.79 Å². The number of likely N-dealkylation sites (tertiary alicyclic amines) is 1. The zero-order chi connectivity index (χ0) is 18.6. The first-order chi connectivity index (χ1) is 13.2. The molecule has 0 saturated carbocycles. The fraction of sp³-hybridized carbons (Fsp3) is 0.450. The topological polar surface area (TPSA) is 64.5 Å². The predicted molar refractivity (Wildman–Crippen MR) is 101 cm³/mol. The number of hydrogen-bond donors (Lipinski definition) is 0. The highest BCUT2D eigenvalue weighted by Crippen LogP contribution is 2.26. The van der Waals surface area contributed by atoms with Crippen molar-refractivity contribution in [2.45, 2.75) is 31.3 Å². The van der Waals surface area contributed by atoms with E-state index in [1.165, 1.54) is 11.8 Å². The van der Waals surface area contributed by atoms with Crippen LogP contribution in [0.4, 0.5) is 0 Å². The van der Waals surface area contributed by atoms with Crippen LogP contribution in [-0.2, 0) is 4.74 Å². The third-order valence-electron chi connectivity index (χ3n) is 5.16. The molecule has 0 spiro atoms. The molecular weight excluding hydrogens is 366 g/mol. The number of hydrogen-bond acceptors (Lipinski definition) is 5. The van der Waals surface area contributed by atoms with Crippen molar-refractivity contribution >= 4 is 17.5 Å². The number of carbonyl (C=O) groups excluding carboxylic acids is 1. The molecule has 2 fully saturated rings. The minimum Gasteiger partial charge on any atom is -0.473 e. The number of rotatable bonds is 4. The number of piperidine rings is 1. The van der Waals surface area contributed by atoms with E-state index < -0.39 is 0 Å². The number of ether oxygens (including phenoxy) is 2. The second-order valence-electron chi connectivity index (χ2n) is 6.97. The van der Waals surface area contributed by atoms with Crippen LogP contribution in [0.3, 0.4) is 0 Å². The molecule has 3 heterocycles. The molecule has 1 amide bonds. The van der Waals surface area contributed by atoms with E-state index in [0.29, 0.717) is 30.0 Å². The van der Waals surface area contributed by atoms with Gasteiger partial charge in [0.05, 0.1) is 19.0 Å². The van der Waals surface area contributed by atoms with Gasteiger partial charge in [0.15, 0.2) is 5.15 Å². The largest absolute Gasteiger partial charge is 0.473 e. The van der Waals surface area contributed by atoms with Gasteiger partial charge in [-0.05, 0) is 24.1 Å². The minimum absolute atomic E-state index is 0.0200. The van der Waals surface area contributed by atoms with Gasteiger partial charge in [0.1, 0.15) is 6.10 Å². The molecule has 2 aliphatic rings. The molecular formula is C20H22ClN3O3. The van der Waals surface area contributed by atoms with Crippen molar-refractivity contribution in [2.75, 3.05) is 26.3 Å². The molecule has 0 bridgehead atoms. The maximum Gasteiger partial charge on any atom is 0.253 e. The van der Waals surface area contributed by atoms with Crippen LogP contribution in [0.15, 0.2) is 36.7 Å². The molecule has 7 heteroatoms. The SMILES string of the molecule is O=C(c1ccc(C2CCOC2)cc1)N1CCC(Oc2cncc(Cl)n2)CC1. The van der Waals surface area contributed by atoms with Crippen LogP contribution >= 0.6 is 11.6 Å². The van der Waals surface area contributed by atoms with Crippen molar-refractivity contribution in [3.8, 4) is 5.88 Å². The molecule has 0 radical (unpaired) electrons. The molecule has 6 nitrogen and oxygen atoms in total. The molecule has 4 rings (SSSR count). The summed E-state index contributed by atoms with van der Waals surface area (Å²) in [6.07, 6.45) is 5.62. The second-order valence-corrected chi connectivity index (χ2v) is 7.36. The average Bonchev–Trinajstić information content (AvgIpc) is 3.23. The number of amides is 1. The first-order valence-electron chi connectivity index (χ1n) is 9.30. The number of halogens is 1. The fourth-order valence-electron chi connectivity index (χ4n) is 3.61. The minimum atomic E-state index is 0.0200. The van der Waals surface area contributed by atoms with Crippen LogP contribution in [0.25, 0.3) is 0 Å². The molecule has 2 saturated heterocycles. The van der Waals surface area contributed by atoms with Crippen LogP contribution in [0.2, 0.25) is 5.15 Å². The van der Waals surface area contributed by atoms with Crippen molar-refractivity contribution in [2.24, 2.45) is 0 Å². The van der Waals surface area contributed by atoms with Crippen LogP contribution in [0, 0.1) is 0 Å². The Morgan fingerprint density at radius 3 is 2.59 bits per heavy atom. The highest BCUT2D eigenvalue weighted by molar-refractivity contribution is 6.29. The number of nitrogens with zero attached hydrogens (tertiary/aromatic N) is 3. The smallest absolute Gasteiger partial charge is 0.253 e. The third-order valence-corrected chi connectivity index (χ3v) is 5.34. The summed E-state index contributed by atoms with van der Waals surface area (Å²) < 4.78 is 11.3. The number of carbonyl (C=O) groups is 1. The molecule has 1 atom stereocenters. The second kappa shape index (κ2) is 8.23.